The fourth-order valence-electron chi connectivity index (χ4n) is 10.3. The second-order valence-electron chi connectivity index (χ2n) is 15.2. The second kappa shape index (κ2) is 11.9. The van der Waals surface area contributed by atoms with Gasteiger partial charge in [-0.2, -0.15) is 0 Å². The number of carbonyl (C=O) groups is 1. The molecule has 0 heterocycles. The molecule has 4 aliphatic carbocycles. The van der Waals surface area contributed by atoms with Crippen molar-refractivity contribution in [2.45, 2.75) is 123 Å². The molecule has 0 N–H and O–H groups in total. The number of allylic oxidation sites excluding steroid dienone is 1. The van der Waals surface area contributed by atoms with Crippen LogP contribution in [-0.4, -0.2) is 26.3 Å². The van der Waals surface area contributed by atoms with E-state index in [0.29, 0.717) is 17.0 Å². The Balaban J connectivity index is 1.31. The molecule has 234 valence electrons. The van der Waals surface area contributed by atoms with Crippen molar-refractivity contribution in [1.82, 2.24) is 0 Å². The van der Waals surface area contributed by atoms with E-state index < -0.39 is 15.9 Å². The van der Waals surface area contributed by atoms with E-state index in [0.717, 1.165) is 55.3 Å². The largest absolute Gasteiger partial charge is 0.530 e. The second-order valence-corrected chi connectivity index (χ2v) is 17.5. The summed E-state index contributed by atoms with van der Waals surface area (Å²) in [6, 6.07) is 6.12. The zero-order valence-electron chi connectivity index (χ0n) is 26.9. The van der Waals surface area contributed by atoms with Crippen molar-refractivity contribution in [1.29, 1.82) is 0 Å². The first-order valence-electron chi connectivity index (χ1n) is 16.8. The Morgan fingerprint density at radius 1 is 1.00 bits per heavy atom. The Hall–Kier alpha value is -1.82. The van der Waals surface area contributed by atoms with Crippen molar-refractivity contribution in [3.05, 3.63) is 35.9 Å². The van der Waals surface area contributed by atoms with Crippen LogP contribution in [-0.2, 0) is 9.84 Å². The average Bonchev–Trinajstić information content (AvgIpc) is 3.30. The van der Waals surface area contributed by atoms with Crippen LogP contribution in [0.2, 0.25) is 0 Å². The number of sulfone groups is 1. The van der Waals surface area contributed by atoms with Crippen LogP contribution in [0, 0.1) is 46.3 Å². The van der Waals surface area contributed by atoms with Crippen molar-refractivity contribution in [2.75, 3.05) is 10.7 Å². The first kappa shape index (κ1) is 31.6. The summed E-state index contributed by atoms with van der Waals surface area (Å²) in [6.07, 6.45) is 14.4. The van der Waals surface area contributed by atoms with Gasteiger partial charge in [-0.1, -0.05) is 72.5 Å². The minimum absolute atomic E-state index is 0.0199. The van der Waals surface area contributed by atoms with Crippen LogP contribution < -0.4 is 10.0 Å². The summed E-state index contributed by atoms with van der Waals surface area (Å²) in [5.74, 6) is 4.70. The molecule has 0 aromatic heterocycles. The first-order valence-corrected chi connectivity index (χ1v) is 18.5. The van der Waals surface area contributed by atoms with Gasteiger partial charge in [0, 0.05) is 11.7 Å². The first-order chi connectivity index (χ1) is 19.8. The molecule has 0 bridgehead atoms. The summed E-state index contributed by atoms with van der Waals surface area (Å²) in [6.45, 7) is 13.9. The van der Waals surface area contributed by atoms with Crippen molar-refractivity contribution in [3.63, 3.8) is 0 Å². The van der Waals surface area contributed by atoms with Crippen molar-refractivity contribution >= 4 is 21.6 Å². The average molecular weight is 597 g/mol. The molecule has 6 heteroatoms. The standard InChI is InChI=1S/C36H55NO4S/c1-7-42(40,41)29-14-12-27(13-15-29)37(34(38)39)28-19-21-35(5)26(23-28)11-16-30-32-18-17-31(25(4)10-8-9-24(2)3)36(32,6)22-20-33(30)35/h11-15,24-25,28,30-33H,7-10,16-23H2,1-6H3,(H,38,39)/p-1/t25-,28?,30+,31-,32+,33+,35+,36-/m1/s1. The fraction of sp³-hybridized carbons (Fsp3) is 0.750. The zero-order chi connectivity index (χ0) is 30.4. The highest BCUT2D eigenvalue weighted by atomic mass is 32.2. The molecule has 0 saturated heterocycles. The zero-order valence-corrected chi connectivity index (χ0v) is 27.7. The van der Waals surface area contributed by atoms with Gasteiger partial charge < -0.3 is 14.8 Å². The van der Waals surface area contributed by atoms with Crippen LogP contribution in [0.3, 0.4) is 0 Å². The van der Waals surface area contributed by atoms with Crippen molar-refractivity contribution in [3.8, 4) is 0 Å². The Kier molecular flexibility index (Phi) is 8.98. The Labute approximate surface area is 255 Å². The van der Waals surface area contributed by atoms with E-state index in [-0.39, 0.29) is 22.1 Å². The summed E-state index contributed by atoms with van der Waals surface area (Å²) < 4.78 is 24.6. The summed E-state index contributed by atoms with van der Waals surface area (Å²) >= 11 is 0. The van der Waals surface area contributed by atoms with Gasteiger partial charge in [0.15, 0.2) is 9.84 Å². The van der Waals surface area contributed by atoms with Gasteiger partial charge in [-0.3, -0.25) is 0 Å². The maximum Gasteiger partial charge on any atom is 0.178 e. The molecule has 1 aromatic carbocycles. The number of carbonyl (C=O) groups excluding carboxylic acids is 1. The molecule has 42 heavy (non-hydrogen) atoms. The highest BCUT2D eigenvalue weighted by molar-refractivity contribution is 7.91. The number of anilines is 1. The molecule has 0 spiro atoms. The van der Waals surface area contributed by atoms with E-state index in [1.807, 2.05) is 0 Å². The van der Waals surface area contributed by atoms with Gasteiger partial charge in [0.05, 0.1) is 10.6 Å². The molecule has 0 aliphatic heterocycles. The molecule has 3 fully saturated rings. The SMILES string of the molecule is CCS(=O)(=O)c1ccc(N(C(=O)[O-])C2CC[C@@]3(C)C(=CC[C@H]4[C@@H]5CC[C@H]([C@H](C)CCCC(C)C)[C@@]5(C)CC[C@@H]43)C2)cc1. The molecule has 5 rings (SSSR count). The summed E-state index contributed by atoms with van der Waals surface area (Å²) in [5, 5.41) is 12.4. The van der Waals surface area contributed by atoms with Crippen LogP contribution in [0.15, 0.2) is 40.8 Å². The van der Waals surface area contributed by atoms with Gasteiger partial charge in [0.2, 0.25) is 0 Å². The number of fused-ring (bicyclic) bond motifs is 5. The van der Waals surface area contributed by atoms with Gasteiger partial charge in [0.1, 0.15) is 6.09 Å². The number of rotatable bonds is 9. The quantitative estimate of drug-likeness (QED) is 0.270. The lowest BCUT2D eigenvalue weighted by Crippen LogP contribution is -2.54. The maximum atomic E-state index is 12.4. The highest BCUT2D eigenvalue weighted by Crippen LogP contribution is 2.67. The molecule has 1 unspecified atom stereocenters. The van der Waals surface area contributed by atoms with E-state index in [4.69, 9.17) is 0 Å². The molecular formula is C36H54NO4S-. The van der Waals surface area contributed by atoms with Crippen molar-refractivity contribution < 1.29 is 18.3 Å². The van der Waals surface area contributed by atoms with Crippen LogP contribution >= 0.6 is 0 Å². The molecule has 1 aromatic rings. The maximum absolute atomic E-state index is 12.4. The van der Waals surface area contributed by atoms with Crippen LogP contribution in [0.1, 0.15) is 112 Å². The molecular weight excluding hydrogens is 542 g/mol. The van der Waals surface area contributed by atoms with E-state index >= 15 is 0 Å². The molecule has 3 saturated carbocycles. The van der Waals surface area contributed by atoms with Gasteiger partial charge >= 0.3 is 0 Å². The van der Waals surface area contributed by atoms with Crippen LogP contribution in [0.4, 0.5) is 10.5 Å². The third-order valence-corrected chi connectivity index (χ3v) is 14.4. The number of hydrogen-bond donors (Lipinski definition) is 0. The molecule has 1 amide bonds. The van der Waals surface area contributed by atoms with Crippen LogP contribution in [0.25, 0.3) is 0 Å². The van der Waals surface area contributed by atoms with E-state index in [9.17, 15) is 18.3 Å². The van der Waals surface area contributed by atoms with Crippen molar-refractivity contribution in [2.24, 2.45) is 46.3 Å². The monoisotopic (exact) mass is 596 g/mol. The Morgan fingerprint density at radius 2 is 1.71 bits per heavy atom. The number of benzene rings is 1. The Morgan fingerprint density at radius 3 is 2.36 bits per heavy atom. The predicted molar refractivity (Wildman–Crippen MR) is 169 cm³/mol. The normalized spacial score (nSPS) is 35.1. The number of amides is 1. The lowest BCUT2D eigenvalue weighted by atomic mass is 9.46. The molecule has 4 aliphatic rings. The minimum Gasteiger partial charge on any atom is -0.530 e. The topological polar surface area (TPSA) is 77.5 Å². The molecule has 0 radical (unpaired) electrons. The Bertz CT molecular complexity index is 1270. The lowest BCUT2D eigenvalue weighted by molar-refractivity contribution is -0.247. The summed E-state index contributed by atoms with van der Waals surface area (Å²) in [5.41, 5.74) is 2.54. The fourth-order valence-corrected chi connectivity index (χ4v) is 11.2. The number of hydrogen-bond acceptors (Lipinski definition) is 4. The van der Waals surface area contributed by atoms with Gasteiger partial charge in [-0.25, -0.2) is 8.42 Å². The predicted octanol–water partition coefficient (Wildman–Crippen LogP) is 8.04. The van der Waals surface area contributed by atoms with E-state index in [1.165, 1.54) is 67.6 Å². The molecule has 8 atom stereocenters. The molecule has 5 nitrogen and oxygen atoms in total. The van der Waals surface area contributed by atoms with E-state index in [1.54, 1.807) is 19.1 Å². The number of carboxylic acid groups (broad SMARTS) is 1. The highest BCUT2D eigenvalue weighted by Gasteiger charge is 2.59. The van der Waals surface area contributed by atoms with Gasteiger partial charge in [-0.15, -0.1) is 0 Å². The third kappa shape index (κ3) is 5.59. The smallest absolute Gasteiger partial charge is 0.178 e. The minimum atomic E-state index is -3.34. The lowest BCUT2D eigenvalue weighted by Gasteiger charge is -2.59. The summed E-state index contributed by atoms with van der Waals surface area (Å²) in [7, 11) is -3.34. The van der Waals surface area contributed by atoms with Crippen LogP contribution in [0.5, 0.6) is 0 Å². The van der Waals surface area contributed by atoms with Gasteiger partial charge in [-0.05, 0) is 122 Å². The number of nitrogens with zero attached hydrogens (tertiary/aromatic N) is 1. The van der Waals surface area contributed by atoms with E-state index in [2.05, 4.69) is 40.7 Å². The third-order valence-electron chi connectivity index (χ3n) is 12.7. The summed E-state index contributed by atoms with van der Waals surface area (Å²) in [4.78, 5) is 14.0. The van der Waals surface area contributed by atoms with Gasteiger partial charge in [0.25, 0.3) is 0 Å².